The zero-order valence-corrected chi connectivity index (χ0v) is 18.1. The third-order valence-electron chi connectivity index (χ3n) is 4.51. The van der Waals surface area contributed by atoms with Gasteiger partial charge in [0.05, 0.1) is 24.8 Å². The van der Waals surface area contributed by atoms with E-state index in [1.54, 1.807) is 11.8 Å². The minimum Gasteiger partial charge on any atom is -0.487 e. The normalized spacial score (nSPS) is 11.8. The molecule has 10 heteroatoms. The average Bonchev–Trinajstić information content (AvgIpc) is 2.77. The number of hydrogen-bond acceptors (Lipinski definition) is 7. The van der Waals surface area contributed by atoms with E-state index < -0.39 is 11.7 Å². The largest absolute Gasteiger partial charge is 0.487 e. The fraction of sp³-hybridized carbons (Fsp3) is 0.364. The molecule has 0 bridgehead atoms. The number of rotatable bonds is 11. The molecule has 0 aliphatic rings. The Kier molecular flexibility index (Phi) is 8.54. The van der Waals surface area contributed by atoms with Crippen molar-refractivity contribution in [2.75, 3.05) is 19.5 Å². The second-order valence-electron chi connectivity index (χ2n) is 6.80. The molecular formula is C22H22F3NO5S. The minimum absolute atomic E-state index is 0.0277. The van der Waals surface area contributed by atoms with Crippen LogP contribution in [-0.2, 0) is 22.6 Å². The Hall–Kier alpha value is -2.56. The maximum atomic E-state index is 12.9. The molecule has 0 fully saturated rings. The molecule has 0 aliphatic heterocycles. The number of hydrogen-bond donors (Lipinski definition) is 0. The van der Waals surface area contributed by atoms with Gasteiger partial charge < -0.3 is 9.15 Å². The molecule has 3 rings (SSSR count). The third-order valence-corrected chi connectivity index (χ3v) is 5.66. The molecule has 0 saturated heterocycles. The molecule has 6 nitrogen and oxygen atoms in total. The lowest BCUT2D eigenvalue weighted by molar-refractivity contribution is -0.285. The molecule has 32 heavy (non-hydrogen) atoms. The molecular weight excluding hydrogens is 447 g/mol. The fourth-order valence-electron chi connectivity index (χ4n) is 2.91. The smallest absolute Gasteiger partial charge is 0.416 e. The average molecular weight is 469 g/mol. The predicted octanol–water partition coefficient (Wildman–Crippen LogP) is 5.63. The Morgan fingerprint density at radius 2 is 1.97 bits per heavy atom. The van der Waals surface area contributed by atoms with Crippen molar-refractivity contribution < 1.29 is 32.1 Å². The Balaban J connectivity index is 1.41. The van der Waals surface area contributed by atoms with E-state index in [1.807, 2.05) is 6.07 Å². The van der Waals surface area contributed by atoms with Gasteiger partial charge in [-0.05, 0) is 43.2 Å². The van der Waals surface area contributed by atoms with Crippen molar-refractivity contribution in [1.82, 2.24) is 4.98 Å². The molecule has 0 radical (unpaired) electrons. The van der Waals surface area contributed by atoms with Crippen LogP contribution < -0.4 is 10.2 Å². The van der Waals surface area contributed by atoms with E-state index in [9.17, 15) is 18.0 Å². The standard InChI is InChI=1S/C22H22F3NO5S/c1-28-31-13-16-12-19(27)20(14-30-16)29-9-3-2-4-10-32-21-7-8-26-18-11-15(22(23,24)25)5-6-17(18)21/h5-8,11-12,14H,2-4,9-10,13H2,1H3. The molecule has 0 spiro atoms. The first-order chi connectivity index (χ1) is 15.4. The van der Waals surface area contributed by atoms with E-state index in [1.165, 1.54) is 31.7 Å². The van der Waals surface area contributed by atoms with Crippen LogP contribution in [0.5, 0.6) is 5.75 Å². The number of pyridine rings is 1. The summed E-state index contributed by atoms with van der Waals surface area (Å²) in [5.41, 5.74) is -0.664. The fourth-order valence-corrected chi connectivity index (χ4v) is 3.96. The minimum atomic E-state index is -4.39. The van der Waals surface area contributed by atoms with E-state index in [0.29, 0.717) is 23.3 Å². The van der Waals surface area contributed by atoms with Crippen molar-refractivity contribution >= 4 is 22.7 Å². The van der Waals surface area contributed by atoms with Crippen LogP contribution in [-0.4, -0.2) is 24.5 Å². The predicted molar refractivity (Wildman–Crippen MR) is 114 cm³/mol. The maximum absolute atomic E-state index is 12.9. The zero-order valence-electron chi connectivity index (χ0n) is 17.3. The van der Waals surface area contributed by atoms with Gasteiger partial charge in [0.1, 0.15) is 18.6 Å². The van der Waals surface area contributed by atoms with Crippen molar-refractivity contribution in [2.24, 2.45) is 0 Å². The molecule has 2 heterocycles. The van der Waals surface area contributed by atoms with Crippen LogP contribution in [0.15, 0.2) is 56.9 Å². The Morgan fingerprint density at radius 3 is 2.72 bits per heavy atom. The highest BCUT2D eigenvalue weighted by molar-refractivity contribution is 7.99. The van der Waals surface area contributed by atoms with Crippen LogP contribution in [0, 0.1) is 0 Å². The molecule has 172 valence electrons. The van der Waals surface area contributed by atoms with Crippen molar-refractivity contribution in [1.29, 1.82) is 0 Å². The number of ether oxygens (including phenoxy) is 1. The van der Waals surface area contributed by atoms with E-state index in [0.717, 1.165) is 42.0 Å². The summed E-state index contributed by atoms with van der Waals surface area (Å²) in [6, 6.07) is 6.73. The second-order valence-corrected chi connectivity index (χ2v) is 7.94. The molecule has 0 amide bonds. The molecule has 0 N–H and O–H groups in total. The van der Waals surface area contributed by atoms with Crippen LogP contribution in [0.3, 0.4) is 0 Å². The maximum Gasteiger partial charge on any atom is 0.416 e. The van der Waals surface area contributed by atoms with Gasteiger partial charge in [0.2, 0.25) is 11.2 Å². The summed E-state index contributed by atoms with van der Waals surface area (Å²) in [6.07, 6.45) is 0.908. The molecule has 1 aromatic carbocycles. The van der Waals surface area contributed by atoms with E-state index in [4.69, 9.17) is 14.0 Å². The summed E-state index contributed by atoms with van der Waals surface area (Å²) in [7, 11) is 1.36. The van der Waals surface area contributed by atoms with Crippen molar-refractivity contribution in [3.63, 3.8) is 0 Å². The first-order valence-corrected chi connectivity index (χ1v) is 10.9. The first-order valence-electron chi connectivity index (χ1n) is 9.87. The van der Waals surface area contributed by atoms with Gasteiger partial charge in [-0.2, -0.15) is 13.2 Å². The molecule has 0 saturated carbocycles. The van der Waals surface area contributed by atoms with Crippen molar-refractivity contribution in [3.8, 4) is 5.75 Å². The highest BCUT2D eigenvalue weighted by atomic mass is 32.2. The Labute approximate surface area is 186 Å². The number of unbranched alkanes of at least 4 members (excludes halogenated alkanes) is 2. The molecule has 0 atom stereocenters. The quantitative estimate of drug-likeness (QED) is 0.156. The van der Waals surface area contributed by atoms with Crippen LogP contribution in [0.1, 0.15) is 30.6 Å². The monoisotopic (exact) mass is 469 g/mol. The lowest BCUT2D eigenvalue weighted by Crippen LogP contribution is -2.09. The lowest BCUT2D eigenvalue weighted by atomic mass is 10.1. The van der Waals surface area contributed by atoms with Gasteiger partial charge in [-0.3, -0.25) is 9.78 Å². The van der Waals surface area contributed by atoms with Gasteiger partial charge in [0.25, 0.3) is 0 Å². The van der Waals surface area contributed by atoms with E-state index in [-0.39, 0.29) is 17.8 Å². The van der Waals surface area contributed by atoms with Crippen molar-refractivity contribution in [2.45, 2.75) is 36.9 Å². The number of halogens is 3. The van der Waals surface area contributed by atoms with E-state index in [2.05, 4.69) is 9.87 Å². The molecule has 3 aromatic rings. The van der Waals surface area contributed by atoms with Crippen LogP contribution in [0.25, 0.3) is 10.9 Å². The SMILES string of the molecule is COOCc1cc(=O)c(OCCCCCSc2ccnc3cc(C(F)(F)F)ccc23)co1. The number of aromatic nitrogens is 1. The Bertz CT molecular complexity index is 1090. The topological polar surface area (TPSA) is 70.8 Å². The summed E-state index contributed by atoms with van der Waals surface area (Å²) in [6.45, 7) is 0.404. The van der Waals surface area contributed by atoms with Crippen LogP contribution in [0.4, 0.5) is 13.2 Å². The number of benzene rings is 1. The number of thioether (sulfide) groups is 1. The number of nitrogens with zero attached hydrogens (tertiary/aromatic N) is 1. The Morgan fingerprint density at radius 1 is 1.12 bits per heavy atom. The molecule has 2 aromatic heterocycles. The summed E-state index contributed by atoms with van der Waals surface area (Å²) in [5, 5.41) is 0.708. The van der Waals surface area contributed by atoms with E-state index >= 15 is 0 Å². The summed E-state index contributed by atoms with van der Waals surface area (Å²) in [5.74, 6) is 1.28. The summed E-state index contributed by atoms with van der Waals surface area (Å²) in [4.78, 5) is 26.1. The lowest BCUT2D eigenvalue weighted by Gasteiger charge is -2.10. The van der Waals surface area contributed by atoms with Crippen molar-refractivity contribution in [3.05, 3.63) is 64.3 Å². The van der Waals surface area contributed by atoms with Gasteiger partial charge in [-0.25, -0.2) is 9.78 Å². The van der Waals surface area contributed by atoms with Gasteiger partial charge in [0, 0.05) is 22.5 Å². The van der Waals surface area contributed by atoms with Gasteiger partial charge in [0.15, 0.2) is 0 Å². The highest BCUT2D eigenvalue weighted by Gasteiger charge is 2.30. The highest BCUT2D eigenvalue weighted by Crippen LogP contribution is 2.33. The van der Waals surface area contributed by atoms with Crippen LogP contribution in [0.2, 0.25) is 0 Å². The second kappa shape index (κ2) is 11.3. The number of fused-ring (bicyclic) bond motifs is 1. The third kappa shape index (κ3) is 6.72. The molecule has 0 aliphatic carbocycles. The summed E-state index contributed by atoms with van der Waals surface area (Å²) >= 11 is 1.58. The number of alkyl halides is 3. The zero-order chi connectivity index (χ0) is 23.0. The molecule has 0 unspecified atom stereocenters. The van der Waals surface area contributed by atoms with Gasteiger partial charge >= 0.3 is 6.18 Å². The first kappa shape index (κ1) is 24.1. The van der Waals surface area contributed by atoms with Crippen LogP contribution >= 0.6 is 11.8 Å². The summed E-state index contributed by atoms with van der Waals surface area (Å²) < 4.78 is 49.4. The van der Waals surface area contributed by atoms with Gasteiger partial charge in [-0.15, -0.1) is 11.8 Å². The van der Waals surface area contributed by atoms with Gasteiger partial charge in [-0.1, -0.05) is 6.07 Å².